The Labute approximate surface area is 98.4 Å². The Morgan fingerprint density at radius 2 is 1.75 bits per heavy atom. The summed E-state index contributed by atoms with van der Waals surface area (Å²) >= 11 is 0. The maximum absolute atomic E-state index is 6.11. The van der Waals surface area contributed by atoms with E-state index in [1.165, 1.54) is 19.3 Å². The van der Waals surface area contributed by atoms with Gasteiger partial charge in [0, 0.05) is 12.8 Å². The van der Waals surface area contributed by atoms with Gasteiger partial charge >= 0.3 is 0 Å². The zero-order valence-corrected chi connectivity index (χ0v) is 10.8. The molecule has 16 heavy (non-hydrogen) atoms. The van der Waals surface area contributed by atoms with Crippen molar-refractivity contribution >= 4 is 0 Å². The highest BCUT2D eigenvalue weighted by Crippen LogP contribution is 2.38. The van der Waals surface area contributed by atoms with E-state index >= 15 is 0 Å². The minimum Gasteiger partial charge on any atom is -0.344 e. The first-order valence-corrected chi connectivity index (χ1v) is 6.50. The van der Waals surface area contributed by atoms with E-state index in [0.717, 1.165) is 19.3 Å². The van der Waals surface area contributed by atoms with Gasteiger partial charge in [0.2, 0.25) is 5.79 Å². The van der Waals surface area contributed by atoms with Crippen molar-refractivity contribution in [1.29, 1.82) is 0 Å². The molecule has 1 aliphatic carbocycles. The fourth-order valence-electron chi connectivity index (χ4n) is 2.85. The first kappa shape index (κ1) is 12.3. The smallest absolute Gasteiger partial charge is 0.201 e. The Bertz CT molecular complexity index is 231. The standard InChI is InChI=1S/C13H24O3/c1-11-9-12(2,3)10-14-16-13(15-11)7-5-4-6-8-13/h11H,4-10H2,1-3H3. The van der Waals surface area contributed by atoms with E-state index < -0.39 is 5.79 Å². The highest BCUT2D eigenvalue weighted by molar-refractivity contribution is 4.79. The molecule has 3 heteroatoms. The molecule has 94 valence electrons. The van der Waals surface area contributed by atoms with E-state index in [1.54, 1.807) is 0 Å². The average molecular weight is 228 g/mol. The van der Waals surface area contributed by atoms with Gasteiger partial charge in [0.05, 0.1) is 12.7 Å². The molecule has 0 radical (unpaired) electrons. The van der Waals surface area contributed by atoms with Gasteiger partial charge in [-0.25, -0.2) is 9.78 Å². The van der Waals surface area contributed by atoms with Crippen LogP contribution in [-0.2, 0) is 14.5 Å². The fourth-order valence-corrected chi connectivity index (χ4v) is 2.85. The highest BCUT2D eigenvalue weighted by Gasteiger charge is 2.40. The normalized spacial score (nSPS) is 34.3. The molecule has 1 aliphatic heterocycles. The summed E-state index contributed by atoms with van der Waals surface area (Å²) in [5, 5.41) is 0. The van der Waals surface area contributed by atoms with Gasteiger partial charge in [0.15, 0.2) is 0 Å². The van der Waals surface area contributed by atoms with Gasteiger partial charge in [-0.05, 0) is 31.6 Å². The van der Waals surface area contributed by atoms with Crippen molar-refractivity contribution in [3.05, 3.63) is 0 Å². The average Bonchev–Trinajstić information content (AvgIpc) is 2.15. The molecule has 1 saturated carbocycles. The summed E-state index contributed by atoms with van der Waals surface area (Å²) in [7, 11) is 0. The number of rotatable bonds is 0. The molecule has 0 bridgehead atoms. The van der Waals surface area contributed by atoms with Gasteiger partial charge < -0.3 is 4.74 Å². The molecule has 2 fully saturated rings. The van der Waals surface area contributed by atoms with Crippen molar-refractivity contribution < 1.29 is 14.5 Å². The Morgan fingerprint density at radius 3 is 2.44 bits per heavy atom. The quantitative estimate of drug-likeness (QED) is 0.594. The van der Waals surface area contributed by atoms with Crippen molar-refractivity contribution in [3.8, 4) is 0 Å². The van der Waals surface area contributed by atoms with E-state index in [4.69, 9.17) is 14.5 Å². The molecule has 1 heterocycles. The second kappa shape index (κ2) is 4.63. The van der Waals surface area contributed by atoms with Crippen LogP contribution in [0.15, 0.2) is 0 Å². The van der Waals surface area contributed by atoms with E-state index in [0.29, 0.717) is 6.61 Å². The zero-order chi connectivity index (χ0) is 11.6. The van der Waals surface area contributed by atoms with E-state index in [2.05, 4.69) is 20.8 Å². The number of ether oxygens (including phenoxy) is 1. The van der Waals surface area contributed by atoms with Crippen molar-refractivity contribution in [2.45, 2.75) is 71.2 Å². The topological polar surface area (TPSA) is 27.7 Å². The molecule has 2 rings (SSSR count). The van der Waals surface area contributed by atoms with Crippen LogP contribution in [0.1, 0.15) is 59.3 Å². The largest absolute Gasteiger partial charge is 0.344 e. The Balaban J connectivity index is 2.02. The maximum atomic E-state index is 6.11. The minimum atomic E-state index is -0.450. The summed E-state index contributed by atoms with van der Waals surface area (Å²) in [5.74, 6) is -0.450. The van der Waals surface area contributed by atoms with Crippen LogP contribution >= 0.6 is 0 Å². The SMILES string of the molecule is CC1CC(C)(C)COOC2(CCCCC2)O1. The Morgan fingerprint density at radius 1 is 1.06 bits per heavy atom. The zero-order valence-electron chi connectivity index (χ0n) is 10.8. The molecule has 0 aromatic carbocycles. The predicted molar refractivity (Wildman–Crippen MR) is 61.8 cm³/mol. The Kier molecular flexibility index (Phi) is 3.57. The summed E-state index contributed by atoms with van der Waals surface area (Å²) in [6, 6.07) is 0. The van der Waals surface area contributed by atoms with Gasteiger partial charge in [0.25, 0.3) is 0 Å². The van der Waals surface area contributed by atoms with Gasteiger partial charge in [-0.3, -0.25) is 0 Å². The van der Waals surface area contributed by atoms with Gasteiger partial charge in [0.1, 0.15) is 0 Å². The number of hydrogen-bond donors (Lipinski definition) is 0. The lowest BCUT2D eigenvalue weighted by Gasteiger charge is -2.42. The van der Waals surface area contributed by atoms with Crippen LogP contribution in [0.5, 0.6) is 0 Å². The van der Waals surface area contributed by atoms with Crippen molar-refractivity contribution in [2.24, 2.45) is 5.41 Å². The van der Waals surface area contributed by atoms with Crippen LogP contribution in [0.4, 0.5) is 0 Å². The third-order valence-electron chi connectivity index (χ3n) is 3.53. The van der Waals surface area contributed by atoms with E-state index in [-0.39, 0.29) is 11.5 Å². The van der Waals surface area contributed by atoms with Crippen LogP contribution in [0.2, 0.25) is 0 Å². The Hall–Kier alpha value is -0.120. The first-order valence-electron chi connectivity index (χ1n) is 6.50. The van der Waals surface area contributed by atoms with E-state index in [1.807, 2.05) is 0 Å². The summed E-state index contributed by atoms with van der Waals surface area (Å²) in [6.07, 6.45) is 6.86. The maximum Gasteiger partial charge on any atom is 0.201 e. The monoisotopic (exact) mass is 228 g/mol. The lowest BCUT2D eigenvalue weighted by atomic mass is 9.87. The highest BCUT2D eigenvalue weighted by atomic mass is 17.2. The first-order chi connectivity index (χ1) is 7.52. The molecule has 1 saturated heterocycles. The molecule has 0 amide bonds. The molecule has 0 N–H and O–H groups in total. The van der Waals surface area contributed by atoms with Crippen LogP contribution in [-0.4, -0.2) is 18.5 Å². The summed E-state index contributed by atoms with van der Waals surface area (Å²) in [6.45, 7) is 7.18. The van der Waals surface area contributed by atoms with Crippen molar-refractivity contribution in [3.63, 3.8) is 0 Å². The van der Waals surface area contributed by atoms with Crippen LogP contribution in [0, 0.1) is 5.41 Å². The van der Waals surface area contributed by atoms with Gasteiger partial charge in [-0.1, -0.05) is 20.3 Å². The molecule has 0 aromatic rings. The van der Waals surface area contributed by atoms with Crippen LogP contribution in [0.3, 0.4) is 0 Å². The summed E-state index contributed by atoms with van der Waals surface area (Å²) in [4.78, 5) is 11.0. The summed E-state index contributed by atoms with van der Waals surface area (Å²) < 4.78 is 6.11. The molecular weight excluding hydrogens is 204 g/mol. The lowest BCUT2D eigenvalue weighted by Crippen LogP contribution is -2.45. The van der Waals surface area contributed by atoms with Crippen LogP contribution in [0.25, 0.3) is 0 Å². The van der Waals surface area contributed by atoms with Crippen molar-refractivity contribution in [2.75, 3.05) is 6.61 Å². The molecular formula is C13H24O3. The van der Waals surface area contributed by atoms with E-state index in [9.17, 15) is 0 Å². The van der Waals surface area contributed by atoms with Crippen molar-refractivity contribution in [1.82, 2.24) is 0 Å². The lowest BCUT2D eigenvalue weighted by molar-refractivity contribution is -0.458. The fraction of sp³-hybridized carbons (Fsp3) is 1.00. The molecule has 3 nitrogen and oxygen atoms in total. The predicted octanol–water partition coefficient (Wildman–Crippen LogP) is 3.43. The molecule has 1 atom stereocenters. The second-order valence-electron chi connectivity index (χ2n) is 6.11. The van der Waals surface area contributed by atoms with Gasteiger partial charge in [-0.2, -0.15) is 0 Å². The van der Waals surface area contributed by atoms with Crippen LogP contribution < -0.4 is 0 Å². The van der Waals surface area contributed by atoms with Gasteiger partial charge in [-0.15, -0.1) is 0 Å². The minimum absolute atomic E-state index is 0.135. The molecule has 1 unspecified atom stereocenters. The molecule has 2 aliphatic rings. The summed E-state index contributed by atoms with van der Waals surface area (Å²) in [5.41, 5.74) is 0.135. The molecule has 1 spiro atoms. The number of hydrogen-bond acceptors (Lipinski definition) is 3. The third kappa shape index (κ3) is 2.96. The second-order valence-corrected chi connectivity index (χ2v) is 6.11. The molecule has 0 aromatic heterocycles. The third-order valence-corrected chi connectivity index (χ3v) is 3.53.